The van der Waals surface area contributed by atoms with Crippen LogP contribution >= 0.6 is 23.2 Å². The number of amides is 1. The maximum atomic E-state index is 15.8. The summed E-state index contributed by atoms with van der Waals surface area (Å²) < 4.78 is 51.9. The molecule has 1 unspecified atom stereocenters. The van der Waals surface area contributed by atoms with Crippen molar-refractivity contribution in [3.63, 3.8) is 0 Å². The minimum atomic E-state index is -1.82. The van der Waals surface area contributed by atoms with Crippen LogP contribution in [0.25, 0.3) is 0 Å². The van der Waals surface area contributed by atoms with Gasteiger partial charge < -0.3 is 15.4 Å². The first-order chi connectivity index (χ1) is 20.9. The number of rotatable bonds is 6. The Labute approximate surface area is 270 Å². The topological polar surface area (TPSA) is 91.2 Å². The molecule has 0 radical (unpaired) electrons. The highest BCUT2D eigenvalue weighted by Gasteiger charge is 2.61. The molecule has 1 amide bonds. The van der Waals surface area contributed by atoms with Crippen LogP contribution in [0.1, 0.15) is 75.4 Å². The van der Waals surface area contributed by atoms with Crippen molar-refractivity contribution >= 4 is 40.8 Å². The van der Waals surface area contributed by atoms with Gasteiger partial charge in [-0.1, -0.05) is 62.2 Å². The minimum absolute atomic E-state index is 0.00331. The average Bonchev–Trinajstić information content (AvgIpc) is 3.22. The lowest BCUT2D eigenvalue weighted by Crippen LogP contribution is -2.45. The molecule has 1 saturated heterocycles. The molecule has 11 heteroatoms. The summed E-state index contributed by atoms with van der Waals surface area (Å²) in [6, 6.07) is 11.7. The molecule has 1 heterocycles. The van der Waals surface area contributed by atoms with Crippen LogP contribution in [0.4, 0.5) is 18.9 Å². The zero-order chi connectivity index (χ0) is 33.5. The molecule has 1 aliphatic rings. The lowest BCUT2D eigenvalue weighted by Gasteiger charge is -2.37. The zero-order valence-corrected chi connectivity index (χ0v) is 27.2. The largest absolute Gasteiger partial charge is 0.456 e. The lowest BCUT2D eigenvalue weighted by atomic mass is 9.62. The van der Waals surface area contributed by atoms with E-state index in [2.05, 4.69) is 16.7 Å². The fraction of sp³-hybridized carbons (Fsp3) is 0.382. The average molecular weight is 661 g/mol. The molecular formula is C34H34Cl2F3N3O3. The second kappa shape index (κ2) is 12.7. The van der Waals surface area contributed by atoms with E-state index in [-0.39, 0.29) is 38.8 Å². The Bertz CT molecular complexity index is 1680. The summed E-state index contributed by atoms with van der Waals surface area (Å²) in [7, 11) is 0. The maximum Gasteiger partial charge on any atom is 0.341 e. The lowest BCUT2D eigenvalue weighted by molar-refractivity contribution is -0.118. The fourth-order valence-electron chi connectivity index (χ4n) is 5.87. The van der Waals surface area contributed by atoms with Crippen LogP contribution in [0.2, 0.25) is 10.0 Å². The Morgan fingerprint density at radius 3 is 2.27 bits per heavy atom. The predicted molar refractivity (Wildman–Crippen MR) is 168 cm³/mol. The van der Waals surface area contributed by atoms with E-state index in [1.807, 2.05) is 20.8 Å². The van der Waals surface area contributed by atoms with E-state index in [9.17, 15) is 14.9 Å². The van der Waals surface area contributed by atoms with Crippen LogP contribution < -0.4 is 10.6 Å². The van der Waals surface area contributed by atoms with E-state index in [4.69, 9.17) is 27.9 Å². The molecule has 4 rings (SSSR count). The maximum absolute atomic E-state index is 15.8. The smallest absolute Gasteiger partial charge is 0.341 e. The van der Waals surface area contributed by atoms with Crippen LogP contribution in [0.5, 0.6) is 0 Å². The molecule has 1 aliphatic heterocycles. The standard InChI is InChI=1S/C34H34Cl2F3N3O3/c1-32(2,3)16-26-34(17-40,22-13-10-18(35)14-25(22)38)27(21-8-7-9-23(36)28(21)39)29(42-26)30(43)41-19-11-12-20(24(37)15-19)31(44)45-33(4,5)6/h7-15,26-27,29,42H,16H2,1-6H3,(H,41,43)/t26-,27-,29?,34-/m0/s1. The number of hydrogen-bond donors (Lipinski definition) is 2. The molecule has 0 aliphatic carbocycles. The summed E-state index contributed by atoms with van der Waals surface area (Å²) in [4.78, 5) is 26.5. The Kier molecular flexibility index (Phi) is 9.65. The van der Waals surface area contributed by atoms with Gasteiger partial charge in [0.15, 0.2) is 0 Å². The molecule has 0 aromatic heterocycles. The highest BCUT2D eigenvalue weighted by molar-refractivity contribution is 6.31. The molecule has 3 aromatic rings. The van der Waals surface area contributed by atoms with Crippen molar-refractivity contribution in [3.8, 4) is 6.07 Å². The normalized spacial score (nSPS) is 21.7. The molecule has 2 N–H and O–H groups in total. The predicted octanol–water partition coefficient (Wildman–Crippen LogP) is 8.33. The first kappa shape index (κ1) is 34.3. The molecule has 45 heavy (non-hydrogen) atoms. The van der Waals surface area contributed by atoms with Gasteiger partial charge in [0.05, 0.1) is 22.7 Å². The molecule has 1 fully saturated rings. The van der Waals surface area contributed by atoms with Crippen LogP contribution in [0.15, 0.2) is 54.6 Å². The van der Waals surface area contributed by atoms with E-state index in [1.165, 1.54) is 42.5 Å². The van der Waals surface area contributed by atoms with Gasteiger partial charge in [-0.3, -0.25) is 4.79 Å². The van der Waals surface area contributed by atoms with E-state index in [0.29, 0.717) is 0 Å². The number of benzene rings is 3. The molecule has 0 saturated carbocycles. The SMILES string of the molecule is CC(C)(C)C[C@@H]1NC(C(=O)Nc2ccc(C(=O)OC(C)(C)C)c(F)c2)[C@H](c2cccc(Cl)c2F)[C@@]1(C#N)c1ccc(Cl)cc1F. The highest BCUT2D eigenvalue weighted by Crippen LogP contribution is 2.53. The quantitative estimate of drug-likeness (QED) is 0.260. The number of nitriles is 1. The first-order valence-electron chi connectivity index (χ1n) is 14.3. The number of nitrogens with zero attached hydrogens (tertiary/aromatic N) is 1. The van der Waals surface area contributed by atoms with Crippen molar-refractivity contribution in [1.82, 2.24) is 5.32 Å². The van der Waals surface area contributed by atoms with Crippen LogP contribution in [0.3, 0.4) is 0 Å². The van der Waals surface area contributed by atoms with Crippen molar-refractivity contribution in [2.75, 3.05) is 5.32 Å². The third-order valence-electron chi connectivity index (χ3n) is 7.59. The van der Waals surface area contributed by atoms with Gasteiger partial charge in [0, 0.05) is 28.2 Å². The van der Waals surface area contributed by atoms with Gasteiger partial charge in [-0.2, -0.15) is 5.26 Å². The van der Waals surface area contributed by atoms with E-state index >= 15 is 13.2 Å². The number of hydrogen-bond acceptors (Lipinski definition) is 5. The second-order valence-electron chi connectivity index (χ2n) is 13.4. The van der Waals surface area contributed by atoms with Crippen molar-refractivity contribution in [1.29, 1.82) is 5.26 Å². The van der Waals surface area contributed by atoms with Gasteiger partial charge >= 0.3 is 5.97 Å². The van der Waals surface area contributed by atoms with Gasteiger partial charge in [0.25, 0.3) is 0 Å². The fourth-order valence-corrected chi connectivity index (χ4v) is 6.21. The summed E-state index contributed by atoms with van der Waals surface area (Å²) >= 11 is 12.2. The number of anilines is 1. The Hall–Kier alpha value is -3.58. The van der Waals surface area contributed by atoms with Crippen molar-refractivity contribution in [3.05, 3.63) is 98.8 Å². The Morgan fingerprint density at radius 2 is 1.69 bits per heavy atom. The third kappa shape index (κ3) is 7.14. The molecule has 238 valence electrons. The van der Waals surface area contributed by atoms with Crippen molar-refractivity contribution < 1.29 is 27.5 Å². The highest BCUT2D eigenvalue weighted by atomic mass is 35.5. The molecule has 4 atom stereocenters. The van der Waals surface area contributed by atoms with Gasteiger partial charge in [0.1, 0.15) is 28.5 Å². The number of esters is 1. The summed E-state index contributed by atoms with van der Waals surface area (Å²) in [5.74, 6) is -5.50. The van der Waals surface area contributed by atoms with Crippen LogP contribution in [-0.4, -0.2) is 29.6 Å². The molecule has 6 nitrogen and oxygen atoms in total. The van der Waals surface area contributed by atoms with Crippen LogP contribution in [-0.2, 0) is 14.9 Å². The van der Waals surface area contributed by atoms with Crippen molar-refractivity contribution in [2.24, 2.45) is 5.41 Å². The number of nitrogens with one attached hydrogen (secondary N) is 2. The van der Waals surface area contributed by atoms with Gasteiger partial charge in [-0.25, -0.2) is 18.0 Å². The number of carbonyl (C=O) groups excluding carboxylic acids is 2. The minimum Gasteiger partial charge on any atom is -0.456 e. The van der Waals surface area contributed by atoms with Gasteiger partial charge in [0.2, 0.25) is 5.91 Å². The molecule has 0 spiro atoms. The van der Waals surface area contributed by atoms with Crippen LogP contribution in [0, 0.1) is 34.2 Å². The Morgan fingerprint density at radius 1 is 1.00 bits per heavy atom. The summed E-state index contributed by atoms with van der Waals surface area (Å²) in [5, 5.41) is 16.6. The van der Waals surface area contributed by atoms with E-state index < -0.39 is 63.8 Å². The zero-order valence-electron chi connectivity index (χ0n) is 25.7. The third-order valence-corrected chi connectivity index (χ3v) is 8.11. The molecule has 0 bridgehead atoms. The monoisotopic (exact) mass is 659 g/mol. The second-order valence-corrected chi connectivity index (χ2v) is 14.2. The van der Waals surface area contributed by atoms with E-state index in [1.54, 1.807) is 20.8 Å². The Balaban J connectivity index is 1.85. The van der Waals surface area contributed by atoms with Crippen molar-refractivity contribution in [2.45, 2.75) is 77.0 Å². The summed E-state index contributed by atoms with van der Waals surface area (Å²) in [6.07, 6.45) is 0.282. The first-order valence-corrected chi connectivity index (χ1v) is 15.0. The van der Waals surface area contributed by atoms with Gasteiger partial charge in [-0.05, 0) is 74.6 Å². The molecular weight excluding hydrogens is 626 g/mol. The summed E-state index contributed by atoms with van der Waals surface area (Å²) in [6.45, 7) is 10.7. The summed E-state index contributed by atoms with van der Waals surface area (Å²) in [5.41, 5.74) is -3.56. The number of ether oxygens (including phenoxy) is 1. The number of halogens is 5. The number of carbonyl (C=O) groups is 2. The molecule has 3 aromatic carbocycles. The van der Waals surface area contributed by atoms with E-state index in [0.717, 1.165) is 12.1 Å². The van der Waals surface area contributed by atoms with Gasteiger partial charge in [-0.15, -0.1) is 0 Å².